The Morgan fingerprint density at radius 3 is 2.38 bits per heavy atom. The molecule has 3 aromatic carbocycles. The number of halogens is 3. The highest BCUT2D eigenvalue weighted by Crippen LogP contribution is 2.27. The Morgan fingerprint density at radius 1 is 0.812 bits per heavy atom. The average Bonchev–Trinajstić information content (AvgIpc) is 2.81. The second-order valence-electron chi connectivity index (χ2n) is 8.10. The maximum absolute atomic E-state index is 15.1. The molecule has 0 fully saturated rings. The summed E-state index contributed by atoms with van der Waals surface area (Å²) in [5.74, 6) is -0.0528. The van der Waals surface area contributed by atoms with Gasteiger partial charge in [-0.05, 0) is 66.0 Å². The van der Waals surface area contributed by atoms with E-state index in [0.29, 0.717) is 29.6 Å². The summed E-state index contributed by atoms with van der Waals surface area (Å²) in [6.07, 6.45) is 9.30. The van der Waals surface area contributed by atoms with Crippen molar-refractivity contribution in [1.29, 1.82) is 0 Å². The fourth-order valence-electron chi connectivity index (χ4n) is 3.86. The van der Waals surface area contributed by atoms with E-state index in [0.717, 1.165) is 34.9 Å². The molecule has 0 unspecified atom stereocenters. The van der Waals surface area contributed by atoms with Crippen molar-refractivity contribution in [2.45, 2.75) is 45.4 Å². The summed E-state index contributed by atoms with van der Waals surface area (Å²) in [5.41, 5.74) is 3.39. The Kier molecular flexibility index (Phi) is 7.11. The summed E-state index contributed by atoms with van der Waals surface area (Å²) in [6, 6.07) is 14.0. The van der Waals surface area contributed by atoms with Crippen LogP contribution in [0.25, 0.3) is 22.2 Å². The van der Waals surface area contributed by atoms with Crippen molar-refractivity contribution in [3.8, 4) is 11.4 Å². The molecule has 0 aliphatic rings. The van der Waals surface area contributed by atoms with Crippen LogP contribution in [0.5, 0.6) is 0 Å². The maximum Gasteiger partial charge on any atom is 0.159 e. The van der Waals surface area contributed by atoms with Gasteiger partial charge in [-0.2, -0.15) is 0 Å². The SMILES string of the molecule is CCCCCc1cnc(-c2ccc3c(F)c(CCc4ccc(Cl)c(F)c4)ccc3c2)nc1. The molecule has 0 atom stereocenters. The lowest BCUT2D eigenvalue weighted by Crippen LogP contribution is -1.97. The highest BCUT2D eigenvalue weighted by Gasteiger charge is 2.11. The van der Waals surface area contributed by atoms with E-state index >= 15 is 4.39 Å². The zero-order valence-corrected chi connectivity index (χ0v) is 18.8. The van der Waals surface area contributed by atoms with Crippen molar-refractivity contribution in [3.63, 3.8) is 0 Å². The van der Waals surface area contributed by atoms with E-state index in [-0.39, 0.29) is 10.8 Å². The van der Waals surface area contributed by atoms with Crippen molar-refractivity contribution < 1.29 is 8.78 Å². The Morgan fingerprint density at radius 2 is 1.62 bits per heavy atom. The number of aromatic nitrogens is 2. The van der Waals surface area contributed by atoms with Gasteiger partial charge in [-0.1, -0.05) is 61.7 Å². The molecule has 1 heterocycles. The molecule has 5 heteroatoms. The molecule has 4 aromatic rings. The summed E-state index contributed by atoms with van der Waals surface area (Å²) in [6.45, 7) is 2.19. The summed E-state index contributed by atoms with van der Waals surface area (Å²) in [7, 11) is 0. The van der Waals surface area contributed by atoms with E-state index in [1.807, 2.05) is 30.6 Å². The fraction of sp³-hybridized carbons (Fsp3) is 0.259. The van der Waals surface area contributed by atoms with E-state index in [1.54, 1.807) is 18.2 Å². The average molecular weight is 451 g/mol. The zero-order chi connectivity index (χ0) is 22.5. The smallest absolute Gasteiger partial charge is 0.159 e. The molecule has 0 radical (unpaired) electrons. The van der Waals surface area contributed by atoms with Crippen LogP contribution >= 0.6 is 11.6 Å². The summed E-state index contributed by atoms with van der Waals surface area (Å²) < 4.78 is 28.8. The van der Waals surface area contributed by atoms with Gasteiger partial charge in [0.25, 0.3) is 0 Å². The summed E-state index contributed by atoms with van der Waals surface area (Å²) >= 11 is 5.73. The van der Waals surface area contributed by atoms with Crippen molar-refractivity contribution in [1.82, 2.24) is 9.97 Å². The number of benzene rings is 3. The summed E-state index contributed by atoms with van der Waals surface area (Å²) in [4.78, 5) is 9.01. The number of aryl methyl sites for hydroxylation is 3. The predicted octanol–water partition coefficient (Wildman–Crippen LogP) is 7.75. The lowest BCUT2D eigenvalue weighted by atomic mass is 9.99. The minimum Gasteiger partial charge on any atom is -0.236 e. The minimum absolute atomic E-state index is 0.0940. The number of rotatable bonds is 8. The Balaban J connectivity index is 1.51. The zero-order valence-electron chi connectivity index (χ0n) is 18.0. The molecule has 0 saturated carbocycles. The van der Waals surface area contributed by atoms with Crippen LogP contribution in [0.4, 0.5) is 8.78 Å². The molecule has 0 spiro atoms. The van der Waals surface area contributed by atoms with Gasteiger partial charge in [0.1, 0.15) is 11.6 Å². The molecule has 0 aliphatic carbocycles. The molecule has 164 valence electrons. The first-order valence-electron chi connectivity index (χ1n) is 11.0. The van der Waals surface area contributed by atoms with Crippen LogP contribution in [0.2, 0.25) is 5.02 Å². The van der Waals surface area contributed by atoms with Crippen LogP contribution in [-0.4, -0.2) is 9.97 Å². The fourth-order valence-corrected chi connectivity index (χ4v) is 3.97. The van der Waals surface area contributed by atoms with Crippen LogP contribution in [0, 0.1) is 11.6 Å². The molecule has 0 amide bonds. The summed E-state index contributed by atoms with van der Waals surface area (Å²) in [5, 5.41) is 1.46. The lowest BCUT2D eigenvalue weighted by molar-refractivity contribution is 0.617. The van der Waals surface area contributed by atoms with E-state index in [4.69, 9.17) is 11.6 Å². The Hall–Kier alpha value is -2.85. The van der Waals surface area contributed by atoms with Crippen LogP contribution in [0.15, 0.2) is 60.9 Å². The van der Waals surface area contributed by atoms with Crippen LogP contribution in [0.1, 0.15) is 42.9 Å². The topological polar surface area (TPSA) is 25.8 Å². The number of hydrogen-bond acceptors (Lipinski definition) is 2. The number of nitrogens with zero attached hydrogens (tertiary/aromatic N) is 2. The molecule has 1 aromatic heterocycles. The lowest BCUT2D eigenvalue weighted by Gasteiger charge is -2.09. The van der Waals surface area contributed by atoms with E-state index in [9.17, 15) is 4.39 Å². The number of unbranched alkanes of at least 4 members (excludes halogenated alkanes) is 2. The normalized spacial score (nSPS) is 11.2. The highest BCUT2D eigenvalue weighted by atomic mass is 35.5. The molecule has 4 rings (SSSR count). The van der Waals surface area contributed by atoms with Crippen LogP contribution < -0.4 is 0 Å². The molecular formula is C27H25ClF2N2. The standard InChI is InChI=1S/C27H25ClF2N2/c1-2-3-4-5-19-16-31-27(32-17-19)22-11-12-23-21(15-22)10-9-20(26(23)30)8-6-18-7-13-24(28)25(29)14-18/h7,9-17H,2-6,8H2,1H3. The van der Waals surface area contributed by atoms with Gasteiger partial charge < -0.3 is 0 Å². The highest BCUT2D eigenvalue weighted by molar-refractivity contribution is 6.30. The van der Waals surface area contributed by atoms with Crippen LogP contribution in [0.3, 0.4) is 0 Å². The Bertz CT molecular complexity index is 1220. The third-order valence-electron chi connectivity index (χ3n) is 5.73. The molecule has 0 saturated heterocycles. The van der Waals surface area contributed by atoms with Gasteiger partial charge >= 0.3 is 0 Å². The van der Waals surface area contributed by atoms with Gasteiger partial charge in [-0.3, -0.25) is 0 Å². The Labute approximate surface area is 192 Å². The maximum atomic E-state index is 15.1. The van der Waals surface area contributed by atoms with Gasteiger partial charge in [0.15, 0.2) is 5.82 Å². The van der Waals surface area contributed by atoms with E-state index in [1.165, 1.54) is 25.0 Å². The molecule has 2 nitrogen and oxygen atoms in total. The minimum atomic E-state index is -0.452. The van der Waals surface area contributed by atoms with Crippen molar-refractivity contribution in [3.05, 3.63) is 94.3 Å². The predicted molar refractivity (Wildman–Crippen MR) is 127 cm³/mol. The molecule has 0 aliphatic heterocycles. The third-order valence-corrected chi connectivity index (χ3v) is 6.04. The second-order valence-corrected chi connectivity index (χ2v) is 8.50. The second kappa shape index (κ2) is 10.2. The monoisotopic (exact) mass is 450 g/mol. The van der Waals surface area contributed by atoms with Crippen molar-refractivity contribution in [2.75, 3.05) is 0 Å². The van der Waals surface area contributed by atoms with Gasteiger partial charge in [0.05, 0.1) is 5.02 Å². The largest absolute Gasteiger partial charge is 0.236 e. The quantitative estimate of drug-likeness (QED) is 0.256. The van der Waals surface area contributed by atoms with E-state index < -0.39 is 5.82 Å². The van der Waals surface area contributed by atoms with Gasteiger partial charge in [-0.15, -0.1) is 0 Å². The molecular weight excluding hydrogens is 426 g/mol. The first kappa shape index (κ1) is 22.3. The first-order chi connectivity index (χ1) is 15.5. The molecule has 0 bridgehead atoms. The first-order valence-corrected chi connectivity index (χ1v) is 11.4. The number of hydrogen-bond donors (Lipinski definition) is 0. The van der Waals surface area contributed by atoms with E-state index in [2.05, 4.69) is 16.9 Å². The van der Waals surface area contributed by atoms with Gasteiger partial charge in [0, 0.05) is 23.3 Å². The van der Waals surface area contributed by atoms with Crippen LogP contribution in [-0.2, 0) is 19.3 Å². The molecule has 0 N–H and O–H groups in total. The molecule has 32 heavy (non-hydrogen) atoms. The van der Waals surface area contributed by atoms with Crippen molar-refractivity contribution in [2.24, 2.45) is 0 Å². The van der Waals surface area contributed by atoms with Gasteiger partial charge in [-0.25, -0.2) is 18.7 Å². The van der Waals surface area contributed by atoms with Gasteiger partial charge in [0.2, 0.25) is 0 Å². The number of fused-ring (bicyclic) bond motifs is 1. The third kappa shape index (κ3) is 5.13. The van der Waals surface area contributed by atoms with Crippen molar-refractivity contribution >= 4 is 22.4 Å².